The molecule has 2 aliphatic heterocycles. The number of ether oxygens (including phenoxy) is 1. The van der Waals surface area contributed by atoms with Crippen LogP contribution in [-0.4, -0.2) is 76.7 Å². The van der Waals surface area contributed by atoms with E-state index in [-0.39, 0.29) is 42.5 Å². The van der Waals surface area contributed by atoms with E-state index in [1.165, 1.54) is 23.4 Å². The Bertz CT molecular complexity index is 1990. The first-order valence-corrected chi connectivity index (χ1v) is 18.1. The van der Waals surface area contributed by atoms with E-state index in [9.17, 15) is 14.4 Å². The van der Waals surface area contributed by atoms with Gasteiger partial charge >= 0.3 is 0 Å². The Hall–Kier alpha value is -4.68. The normalized spacial score (nSPS) is 14.3. The number of rotatable bonds is 10. The van der Waals surface area contributed by atoms with Gasteiger partial charge < -0.3 is 20.3 Å². The third-order valence-electron chi connectivity index (χ3n) is 8.71. The second-order valence-electron chi connectivity index (χ2n) is 12.8. The molecule has 7 rings (SSSR count). The molecule has 4 aromatic carbocycles. The molecule has 14 heteroatoms. The fourth-order valence-corrected chi connectivity index (χ4v) is 6.23. The molecule has 1 aromatic heterocycles. The number of hydrogen-bond acceptors (Lipinski definition) is 7. The highest BCUT2D eigenvalue weighted by molar-refractivity contribution is 6.42. The van der Waals surface area contributed by atoms with Gasteiger partial charge in [-0.3, -0.25) is 24.2 Å². The Balaban J connectivity index is 0.000000354. The second kappa shape index (κ2) is 21.4. The number of pyridine rings is 1. The first-order chi connectivity index (χ1) is 25.8. The van der Waals surface area contributed by atoms with Crippen LogP contribution in [0.4, 0.5) is 5.69 Å². The number of benzene rings is 4. The second-order valence-corrected chi connectivity index (χ2v) is 13.6. The zero-order valence-corrected chi connectivity index (χ0v) is 33.1. The molecule has 2 fully saturated rings. The fourth-order valence-electron chi connectivity index (χ4n) is 5.93. The topological polar surface area (TPSA) is 107 Å². The van der Waals surface area contributed by atoms with Crippen LogP contribution in [0.1, 0.15) is 27.0 Å². The molecule has 10 nitrogen and oxygen atoms in total. The molecule has 0 saturated carbocycles. The smallest absolute Gasteiger partial charge is 0.255 e. The molecule has 0 unspecified atom stereocenters. The van der Waals surface area contributed by atoms with Crippen LogP contribution >= 0.6 is 48.0 Å². The van der Waals surface area contributed by atoms with Gasteiger partial charge in [-0.05, 0) is 53.1 Å². The Morgan fingerprint density at radius 2 is 1.35 bits per heavy atom. The Labute approximate surface area is 343 Å². The summed E-state index contributed by atoms with van der Waals surface area (Å²) in [5.41, 5.74) is 4.41. The van der Waals surface area contributed by atoms with Gasteiger partial charge in [-0.15, -0.1) is 24.8 Å². The first kappa shape index (κ1) is 43.1. The zero-order chi connectivity index (χ0) is 37.0. The van der Waals surface area contributed by atoms with Gasteiger partial charge in [0.1, 0.15) is 5.75 Å². The number of hydrogen-bond donors (Lipinski definition) is 2. The molecule has 3 heterocycles. The number of halogens is 4. The predicted octanol–water partition coefficient (Wildman–Crippen LogP) is 7.74. The highest BCUT2D eigenvalue weighted by Gasteiger charge is 2.24. The molecule has 55 heavy (non-hydrogen) atoms. The molecule has 2 aliphatic rings. The number of nitrogens with one attached hydrogen (secondary N) is 2. The summed E-state index contributed by atoms with van der Waals surface area (Å²) in [4.78, 5) is 46.8. The molecular weight excluding hydrogens is 782 g/mol. The molecule has 2 saturated heterocycles. The van der Waals surface area contributed by atoms with Crippen molar-refractivity contribution in [1.82, 2.24) is 25.0 Å². The quantitative estimate of drug-likeness (QED) is 0.149. The molecular formula is C41H42Cl4N6O4. The van der Waals surface area contributed by atoms with E-state index in [2.05, 4.69) is 49.7 Å². The Morgan fingerprint density at radius 1 is 0.709 bits per heavy atom. The van der Waals surface area contributed by atoms with Crippen LogP contribution in [0.15, 0.2) is 121 Å². The summed E-state index contributed by atoms with van der Waals surface area (Å²) in [6.07, 6.45) is 1.52. The van der Waals surface area contributed by atoms with E-state index in [0.29, 0.717) is 59.1 Å². The van der Waals surface area contributed by atoms with Crippen molar-refractivity contribution in [2.24, 2.45) is 0 Å². The van der Waals surface area contributed by atoms with Crippen molar-refractivity contribution in [3.63, 3.8) is 0 Å². The predicted molar refractivity (Wildman–Crippen MR) is 222 cm³/mol. The average Bonchev–Trinajstić information content (AvgIpc) is 3.16. The lowest BCUT2D eigenvalue weighted by molar-refractivity contribution is -0.136. The first-order valence-electron chi connectivity index (χ1n) is 17.3. The molecule has 2 N–H and O–H groups in total. The maximum Gasteiger partial charge on any atom is 0.255 e. The van der Waals surface area contributed by atoms with Gasteiger partial charge in [0, 0.05) is 57.4 Å². The Morgan fingerprint density at radius 3 is 1.93 bits per heavy atom. The van der Waals surface area contributed by atoms with Gasteiger partial charge in [-0.1, -0.05) is 96.0 Å². The molecule has 288 valence electrons. The van der Waals surface area contributed by atoms with Crippen LogP contribution in [-0.2, 0) is 29.2 Å². The SMILES string of the molecule is Cl.Cl.O=C(Nc1ccc(Oc2ccc(CN3CCN(Cc4ccccc4)CC3=O)cc2)nc1)c1ccc(Cl)c(Cl)c1.O=C1CN(Cc2ccccc2)CCN1. The minimum Gasteiger partial charge on any atom is -0.439 e. The van der Waals surface area contributed by atoms with Crippen LogP contribution in [0.25, 0.3) is 0 Å². The summed E-state index contributed by atoms with van der Waals surface area (Å²) < 4.78 is 5.85. The molecule has 0 radical (unpaired) electrons. The molecule has 0 spiro atoms. The molecule has 3 amide bonds. The number of amides is 3. The lowest BCUT2D eigenvalue weighted by Gasteiger charge is -2.34. The Kier molecular flexibility index (Phi) is 16.8. The number of carbonyl (C=O) groups excluding carboxylic acids is 3. The van der Waals surface area contributed by atoms with Crippen molar-refractivity contribution in [2.75, 3.05) is 44.6 Å². The van der Waals surface area contributed by atoms with Crippen molar-refractivity contribution in [3.05, 3.63) is 154 Å². The minimum absolute atomic E-state index is 0. The van der Waals surface area contributed by atoms with E-state index in [1.54, 1.807) is 24.3 Å². The maximum atomic E-state index is 12.7. The zero-order valence-electron chi connectivity index (χ0n) is 29.9. The number of nitrogens with zero attached hydrogens (tertiary/aromatic N) is 4. The van der Waals surface area contributed by atoms with Crippen molar-refractivity contribution in [2.45, 2.75) is 19.6 Å². The molecule has 5 aromatic rings. The lowest BCUT2D eigenvalue weighted by Crippen LogP contribution is -2.49. The fraction of sp³-hybridized carbons (Fsp3) is 0.220. The summed E-state index contributed by atoms with van der Waals surface area (Å²) in [7, 11) is 0. The van der Waals surface area contributed by atoms with Gasteiger partial charge in [0.25, 0.3) is 5.91 Å². The summed E-state index contributed by atoms with van der Waals surface area (Å²) in [6, 6.07) is 36.1. The summed E-state index contributed by atoms with van der Waals surface area (Å²) in [5.74, 6) is 0.953. The summed E-state index contributed by atoms with van der Waals surface area (Å²) in [6.45, 7) is 6.41. The largest absolute Gasteiger partial charge is 0.439 e. The number of piperazine rings is 2. The summed E-state index contributed by atoms with van der Waals surface area (Å²) >= 11 is 11.9. The highest BCUT2D eigenvalue weighted by atomic mass is 35.5. The lowest BCUT2D eigenvalue weighted by atomic mass is 10.1. The summed E-state index contributed by atoms with van der Waals surface area (Å²) in [5, 5.41) is 6.28. The van der Waals surface area contributed by atoms with Crippen LogP contribution in [0.3, 0.4) is 0 Å². The van der Waals surface area contributed by atoms with Crippen molar-refractivity contribution < 1.29 is 19.1 Å². The molecule has 0 bridgehead atoms. The van der Waals surface area contributed by atoms with Gasteiger partial charge in [-0.25, -0.2) is 4.98 Å². The third kappa shape index (κ3) is 13.2. The number of aromatic nitrogens is 1. The van der Waals surface area contributed by atoms with E-state index in [0.717, 1.165) is 38.3 Å². The standard InChI is InChI=1S/C30H26Cl2N4O3.C11H14N2O.2ClH/c31-26-12-8-23(16-27(26)32)30(38)34-24-9-13-28(33-17-24)39-25-10-6-22(7-11-25)19-36-15-14-35(20-29(36)37)18-21-4-2-1-3-5-21;14-11-9-13(7-6-12-11)8-10-4-2-1-3-5-10;;/h1-13,16-17H,14-15,18-20H2,(H,34,38);1-5H,6-9H2,(H,12,14);2*1H. The maximum absolute atomic E-state index is 12.7. The van der Waals surface area contributed by atoms with E-state index < -0.39 is 0 Å². The van der Waals surface area contributed by atoms with Crippen LogP contribution in [0.5, 0.6) is 11.6 Å². The van der Waals surface area contributed by atoms with Gasteiger partial charge in [0.15, 0.2) is 0 Å². The molecule has 0 aliphatic carbocycles. The van der Waals surface area contributed by atoms with Crippen molar-refractivity contribution in [3.8, 4) is 11.6 Å². The highest BCUT2D eigenvalue weighted by Crippen LogP contribution is 2.25. The van der Waals surface area contributed by atoms with Crippen molar-refractivity contribution >= 4 is 71.4 Å². The van der Waals surface area contributed by atoms with Crippen LogP contribution < -0.4 is 15.4 Å². The van der Waals surface area contributed by atoms with Crippen molar-refractivity contribution in [1.29, 1.82) is 0 Å². The van der Waals surface area contributed by atoms with E-state index >= 15 is 0 Å². The monoisotopic (exact) mass is 822 g/mol. The van der Waals surface area contributed by atoms with Gasteiger partial charge in [-0.2, -0.15) is 0 Å². The van der Waals surface area contributed by atoms with Crippen LogP contribution in [0, 0.1) is 0 Å². The average molecular weight is 825 g/mol. The van der Waals surface area contributed by atoms with Crippen LogP contribution in [0.2, 0.25) is 10.0 Å². The van der Waals surface area contributed by atoms with Gasteiger partial charge in [0.2, 0.25) is 17.7 Å². The van der Waals surface area contributed by atoms with E-state index in [1.807, 2.05) is 65.6 Å². The van der Waals surface area contributed by atoms with E-state index in [4.69, 9.17) is 27.9 Å². The molecule has 0 atom stereocenters. The van der Waals surface area contributed by atoms with Gasteiger partial charge in [0.05, 0.1) is 35.0 Å². The number of anilines is 1. The minimum atomic E-state index is -0.323. The third-order valence-corrected chi connectivity index (χ3v) is 9.45. The number of carbonyl (C=O) groups is 3.